The lowest BCUT2D eigenvalue weighted by molar-refractivity contribution is 0.124. The minimum atomic E-state index is -0.847. The molecule has 108 heavy (non-hydrogen) atoms. The molecule has 7 aliphatic carbocycles. The Labute approximate surface area is 653 Å². The molecule has 0 amide bonds. The number of halogens is 4. The van der Waals surface area contributed by atoms with Gasteiger partial charge in [-0.25, -0.2) is 13.2 Å². The van der Waals surface area contributed by atoms with E-state index in [9.17, 15) is 17.6 Å². The maximum absolute atomic E-state index is 13.9. The van der Waals surface area contributed by atoms with Crippen LogP contribution < -0.4 is 4.74 Å². The Morgan fingerprint density at radius 3 is 0.815 bits per heavy atom. The van der Waals surface area contributed by atoms with Crippen molar-refractivity contribution in [3.05, 3.63) is 243 Å². The SMILES string of the molecule is CC1CCC(C2CCC(C)CC2)CC1.Cc1ccc(-c2ccc(C)c(F)c2F)cc1.Cc1ccc(-c2ccc(C)cc2)cc1.Cc1ccc(-c2ccc(C3CCC(C)CC3)cc2)cc1.Cc1ccc(C2CCC(C3CCC(C)CC3)CC2)cc1.Cc1ccc(OCC2CCC(C3CCC(C)CC3)CC2)c(F)c1F. The molecule has 582 valence electrons. The summed E-state index contributed by atoms with van der Waals surface area (Å²) >= 11 is 0. The molecule has 0 N–H and O–H groups in total. The van der Waals surface area contributed by atoms with E-state index in [1.165, 1.54) is 191 Å². The highest BCUT2D eigenvalue weighted by molar-refractivity contribution is 5.66. The summed E-state index contributed by atoms with van der Waals surface area (Å²) in [5.41, 5.74) is 16.4. The zero-order chi connectivity index (χ0) is 76.6. The molecular formula is C103H136F4O. The van der Waals surface area contributed by atoms with Gasteiger partial charge in [-0.15, -0.1) is 0 Å². The van der Waals surface area contributed by atoms with Crippen molar-refractivity contribution in [3.63, 3.8) is 0 Å². The Morgan fingerprint density at radius 1 is 0.241 bits per heavy atom. The second kappa shape index (κ2) is 42.1. The topological polar surface area (TPSA) is 9.23 Å². The Bertz CT molecular complexity index is 3810. The van der Waals surface area contributed by atoms with Crippen LogP contribution in [0.2, 0.25) is 0 Å². The fourth-order valence-electron chi connectivity index (χ4n) is 18.9. The van der Waals surface area contributed by atoms with Gasteiger partial charge in [0.05, 0.1) is 6.61 Å². The van der Waals surface area contributed by atoms with E-state index in [2.05, 4.69) is 184 Å². The molecule has 7 aliphatic rings. The van der Waals surface area contributed by atoms with E-state index in [1.807, 2.05) is 19.1 Å². The van der Waals surface area contributed by atoms with Gasteiger partial charge in [-0.2, -0.15) is 4.39 Å². The second-order valence-corrected chi connectivity index (χ2v) is 35.8. The van der Waals surface area contributed by atoms with Crippen LogP contribution in [0.4, 0.5) is 17.6 Å². The molecular weight excluding hydrogens is 1330 g/mol. The molecule has 0 spiro atoms. The molecule has 7 fully saturated rings. The van der Waals surface area contributed by atoms with Gasteiger partial charge in [-0.3, -0.25) is 0 Å². The molecule has 0 bridgehead atoms. The van der Waals surface area contributed by atoms with Crippen molar-refractivity contribution in [3.8, 4) is 39.1 Å². The third-order valence-electron chi connectivity index (χ3n) is 27.0. The van der Waals surface area contributed by atoms with E-state index in [4.69, 9.17) is 4.74 Å². The summed E-state index contributed by atoms with van der Waals surface area (Å²) in [7, 11) is 0. The molecule has 8 aromatic carbocycles. The molecule has 0 aliphatic heterocycles. The van der Waals surface area contributed by atoms with Gasteiger partial charge in [0.1, 0.15) is 0 Å². The van der Waals surface area contributed by atoms with Crippen LogP contribution in [0.15, 0.2) is 170 Å². The lowest BCUT2D eigenvalue weighted by Gasteiger charge is -2.37. The number of hydrogen-bond acceptors (Lipinski definition) is 1. The molecule has 8 aromatic rings. The molecule has 1 nitrogen and oxygen atoms in total. The van der Waals surface area contributed by atoms with Crippen molar-refractivity contribution in [2.45, 2.75) is 275 Å². The van der Waals surface area contributed by atoms with E-state index in [0.29, 0.717) is 34.8 Å². The van der Waals surface area contributed by atoms with Crippen LogP contribution in [-0.2, 0) is 0 Å². The second-order valence-electron chi connectivity index (χ2n) is 35.8. The Balaban J connectivity index is 0.000000140. The molecule has 0 atom stereocenters. The van der Waals surface area contributed by atoms with Crippen LogP contribution in [0.1, 0.15) is 276 Å². The van der Waals surface area contributed by atoms with Gasteiger partial charge in [0.2, 0.25) is 5.82 Å². The molecule has 15 rings (SSSR count). The fourth-order valence-corrected chi connectivity index (χ4v) is 18.9. The Morgan fingerprint density at radius 2 is 0.481 bits per heavy atom. The summed E-state index contributed by atoms with van der Waals surface area (Å²) in [6.07, 6.45) is 40.0. The first-order chi connectivity index (χ1) is 52.1. The van der Waals surface area contributed by atoms with E-state index in [1.54, 1.807) is 81.5 Å². The predicted molar refractivity (Wildman–Crippen MR) is 452 cm³/mol. The van der Waals surface area contributed by atoms with Gasteiger partial charge >= 0.3 is 0 Å². The van der Waals surface area contributed by atoms with Crippen LogP contribution in [-0.4, -0.2) is 6.61 Å². The van der Waals surface area contributed by atoms with Gasteiger partial charge in [0.25, 0.3) is 0 Å². The standard InChI is InChI=1S/C21H30F2O.C20H30.C20H24.C14H12F2.C14H26.C14H14/c1-14-3-8-17(9-4-14)18-10-6-16(7-11-18)13-24-19-12-5-15(2)20(22)21(19)23;2*1-15-3-7-17(8-4-15)19-11-13-20(14-12-19)18-9-5-16(2)6-10-18;1-9-3-6-11(7-4-9)12-8-5-10(2)13(15)14(12)16;2*1-11-3-7-13(8-4-11)14-9-5-12(2)6-10-14/h5,12,14,16-18H,3-4,6-11,13H2,1-2H3;3-4,7-8,16,18-20H,5-6,9-14H2,1-2H3;3-4,7-8,11-14,16,18H,5-6,9-10H2,1-2H3;3-8H,1-2H3;11-14H,3-10H2,1-2H3;3-10H,1-2H3. The van der Waals surface area contributed by atoms with E-state index in [0.717, 1.165) is 95.3 Å². The zero-order valence-corrected chi connectivity index (χ0v) is 68.7. The molecule has 0 aromatic heterocycles. The first-order valence-electron chi connectivity index (χ1n) is 43.1. The number of ether oxygens (including phenoxy) is 1. The number of rotatable bonds is 11. The van der Waals surface area contributed by atoms with Crippen molar-refractivity contribution in [2.24, 2.45) is 71.0 Å². The van der Waals surface area contributed by atoms with Crippen LogP contribution in [0.5, 0.6) is 5.75 Å². The average Bonchev–Trinajstić information content (AvgIpc) is 0.818. The summed E-state index contributed by atoms with van der Waals surface area (Å²) in [5, 5.41) is 0. The quantitative estimate of drug-likeness (QED) is 0.117. The smallest absolute Gasteiger partial charge is 0.200 e. The number of hydrogen-bond donors (Lipinski definition) is 0. The summed E-state index contributed by atoms with van der Waals surface area (Å²) in [6.45, 7) is 26.2. The molecule has 0 saturated heterocycles. The first kappa shape index (κ1) is 83.7. The lowest BCUT2D eigenvalue weighted by atomic mass is 9.68. The molecule has 0 heterocycles. The van der Waals surface area contributed by atoms with E-state index in [-0.39, 0.29) is 5.75 Å². The van der Waals surface area contributed by atoms with Crippen LogP contribution in [0.3, 0.4) is 0 Å². The highest BCUT2D eigenvalue weighted by Gasteiger charge is 2.33. The zero-order valence-electron chi connectivity index (χ0n) is 68.7. The van der Waals surface area contributed by atoms with Gasteiger partial charge < -0.3 is 4.74 Å². The number of aryl methyl sites for hydroxylation is 7. The van der Waals surface area contributed by atoms with Crippen molar-refractivity contribution in [2.75, 3.05) is 6.61 Å². The molecule has 7 saturated carbocycles. The summed E-state index contributed by atoms with van der Waals surface area (Å²) in [5.74, 6) is 10.00. The Kier molecular flexibility index (Phi) is 32.6. The van der Waals surface area contributed by atoms with Crippen LogP contribution in [0.25, 0.3) is 33.4 Å². The predicted octanol–water partition coefficient (Wildman–Crippen LogP) is 31.2. The first-order valence-corrected chi connectivity index (χ1v) is 43.1. The van der Waals surface area contributed by atoms with Gasteiger partial charge in [0.15, 0.2) is 23.2 Å². The summed E-state index contributed by atoms with van der Waals surface area (Å²) < 4.78 is 60.1. The minimum Gasteiger partial charge on any atom is -0.490 e. The molecule has 5 heteroatoms. The van der Waals surface area contributed by atoms with Crippen molar-refractivity contribution >= 4 is 0 Å². The third kappa shape index (κ3) is 25.4. The Hall–Kier alpha value is -6.72. The maximum Gasteiger partial charge on any atom is 0.200 e. The largest absolute Gasteiger partial charge is 0.490 e. The van der Waals surface area contributed by atoms with E-state index < -0.39 is 23.3 Å². The van der Waals surface area contributed by atoms with Gasteiger partial charge in [-0.1, -0.05) is 290 Å². The van der Waals surface area contributed by atoms with Crippen molar-refractivity contribution in [1.29, 1.82) is 0 Å². The lowest BCUT2D eigenvalue weighted by Crippen LogP contribution is -2.27. The highest BCUT2D eigenvalue weighted by atomic mass is 19.2. The van der Waals surface area contributed by atoms with Crippen LogP contribution in [0, 0.1) is 143 Å². The average molecular weight is 1470 g/mol. The fraction of sp³-hybridized carbons (Fsp3) is 0.534. The maximum atomic E-state index is 13.9. The molecule has 0 radical (unpaired) electrons. The third-order valence-corrected chi connectivity index (χ3v) is 27.0. The minimum absolute atomic E-state index is 0.0569. The van der Waals surface area contributed by atoms with E-state index >= 15 is 0 Å². The monoisotopic (exact) mass is 1470 g/mol. The van der Waals surface area contributed by atoms with Gasteiger partial charge in [0, 0.05) is 5.56 Å². The summed E-state index contributed by atoms with van der Waals surface area (Å²) in [6, 6.07) is 58.3. The van der Waals surface area contributed by atoms with Crippen molar-refractivity contribution < 1.29 is 22.3 Å². The normalized spacial score (nSPS) is 26.3. The number of benzene rings is 8. The van der Waals surface area contributed by atoms with Crippen molar-refractivity contribution in [1.82, 2.24) is 0 Å². The van der Waals surface area contributed by atoms with Crippen LogP contribution >= 0.6 is 0 Å². The highest BCUT2D eigenvalue weighted by Crippen LogP contribution is 2.46. The molecule has 0 unspecified atom stereocenters. The summed E-state index contributed by atoms with van der Waals surface area (Å²) in [4.78, 5) is 0. The van der Waals surface area contributed by atoms with Gasteiger partial charge in [-0.05, 0) is 303 Å².